The number of aliphatic hydroxyl groups excluding tert-OH is 1. The lowest BCUT2D eigenvalue weighted by atomic mass is 9.94. The molecule has 10 nitrogen and oxygen atoms in total. The summed E-state index contributed by atoms with van der Waals surface area (Å²) in [5.74, 6) is -3.66. The van der Waals surface area contributed by atoms with Crippen molar-refractivity contribution in [2.24, 2.45) is 0 Å². The normalized spacial score (nSPS) is 12.8. The number of amides is 3. The maximum atomic E-state index is 14.2. The summed E-state index contributed by atoms with van der Waals surface area (Å²) < 4.78 is 34.1. The molecule has 0 aliphatic rings. The first kappa shape index (κ1) is 34.4. The van der Waals surface area contributed by atoms with Crippen molar-refractivity contribution in [2.45, 2.75) is 31.7 Å². The number of carbonyl (C=O) groups is 4. The molecule has 244 valence electrons. The van der Waals surface area contributed by atoms with Gasteiger partial charge in [-0.15, -0.1) is 0 Å². The van der Waals surface area contributed by atoms with E-state index in [1.54, 1.807) is 60.7 Å². The molecule has 47 heavy (non-hydrogen) atoms. The molecular weight excluding hydrogens is 612 g/mol. The predicted octanol–water partition coefficient (Wildman–Crippen LogP) is 5.28. The van der Waals surface area contributed by atoms with Crippen LogP contribution in [-0.2, 0) is 17.7 Å². The fourth-order valence-electron chi connectivity index (χ4n) is 4.98. The molecule has 12 heteroatoms. The molecule has 0 saturated heterocycles. The molecule has 0 bridgehead atoms. The Kier molecular flexibility index (Phi) is 11.1. The lowest BCUT2D eigenvalue weighted by molar-refractivity contribution is -0.123. The Labute approximate surface area is 269 Å². The van der Waals surface area contributed by atoms with Gasteiger partial charge < -0.3 is 30.5 Å². The van der Waals surface area contributed by atoms with Crippen LogP contribution in [0.4, 0.5) is 19.3 Å². The quantitative estimate of drug-likeness (QED) is 0.114. The van der Waals surface area contributed by atoms with Gasteiger partial charge in [0.05, 0.1) is 6.54 Å². The average Bonchev–Trinajstić information content (AvgIpc) is 3.04. The highest BCUT2D eigenvalue weighted by Gasteiger charge is 2.42. The Morgan fingerprint density at radius 3 is 1.98 bits per heavy atom. The molecule has 4 aromatic carbocycles. The van der Waals surface area contributed by atoms with Gasteiger partial charge in [0.1, 0.15) is 17.7 Å². The van der Waals surface area contributed by atoms with Crippen LogP contribution in [0.1, 0.15) is 49.1 Å². The monoisotopic (exact) mass is 645 g/mol. The number of benzene rings is 4. The van der Waals surface area contributed by atoms with Gasteiger partial charge in [0.2, 0.25) is 0 Å². The topological polar surface area (TPSA) is 145 Å². The molecule has 4 rings (SSSR count). The van der Waals surface area contributed by atoms with Crippen LogP contribution in [-0.4, -0.2) is 64.3 Å². The third-order valence-corrected chi connectivity index (χ3v) is 7.39. The molecule has 3 amide bonds. The first-order chi connectivity index (χ1) is 22.4. The highest BCUT2D eigenvalue weighted by Crippen LogP contribution is 2.25. The molecule has 0 aliphatic carbocycles. The fourth-order valence-corrected chi connectivity index (χ4v) is 4.98. The largest absolute Gasteiger partial charge is 0.465 e. The van der Waals surface area contributed by atoms with Gasteiger partial charge in [0, 0.05) is 48.5 Å². The summed E-state index contributed by atoms with van der Waals surface area (Å²) >= 11 is 0. The number of rotatable bonds is 13. The van der Waals surface area contributed by atoms with Crippen molar-refractivity contribution in [3.8, 4) is 0 Å². The van der Waals surface area contributed by atoms with E-state index in [4.69, 9.17) is 4.74 Å². The number of methoxy groups -OCH3 is 1. The molecule has 4 N–H and O–H groups in total. The summed E-state index contributed by atoms with van der Waals surface area (Å²) in [6, 6.07) is 23.4. The van der Waals surface area contributed by atoms with E-state index in [0.717, 1.165) is 24.1 Å². The number of ketones is 1. The predicted molar refractivity (Wildman–Crippen MR) is 169 cm³/mol. The second-order valence-electron chi connectivity index (χ2n) is 10.8. The molecular formula is C35H33F2N3O7. The lowest BCUT2D eigenvalue weighted by Crippen LogP contribution is -2.62. The molecule has 0 aromatic heterocycles. The molecule has 0 fully saturated rings. The molecule has 0 aliphatic heterocycles. The fraction of sp³-hybridized carbons (Fsp3) is 0.200. The second-order valence-corrected chi connectivity index (χ2v) is 10.8. The lowest BCUT2D eigenvalue weighted by Gasteiger charge is -2.39. The maximum absolute atomic E-state index is 14.2. The number of aliphatic hydroxyl groups is 1. The molecule has 0 unspecified atom stereocenters. The van der Waals surface area contributed by atoms with Crippen LogP contribution in [0.2, 0.25) is 0 Å². The number of halogens is 2. The van der Waals surface area contributed by atoms with E-state index in [1.165, 1.54) is 25.1 Å². The highest BCUT2D eigenvalue weighted by molar-refractivity contribution is 6.07. The van der Waals surface area contributed by atoms with E-state index in [1.807, 2.05) is 0 Å². The SMILES string of the molecule is CO[C@](Cc1cc(F)cc(F)c1)(NC(=O)c1cc(NC(=O)c2ccccc2)cc(C(C)=O)c1)[C@H](O)CN(Cc1ccccc1)C(=O)O. The smallest absolute Gasteiger partial charge is 0.407 e. The van der Waals surface area contributed by atoms with Gasteiger partial charge in [0.15, 0.2) is 11.5 Å². The maximum Gasteiger partial charge on any atom is 0.407 e. The third kappa shape index (κ3) is 9.06. The van der Waals surface area contributed by atoms with E-state index >= 15 is 0 Å². The molecule has 0 saturated carbocycles. The van der Waals surface area contributed by atoms with Gasteiger partial charge >= 0.3 is 6.09 Å². The zero-order valence-corrected chi connectivity index (χ0v) is 25.6. The number of carbonyl (C=O) groups excluding carboxylic acids is 3. The van der Waals surface area contributed by atoms with Crippen LogP contribution >= 0.6 is 0 Å². The van der Waals surface area contributed by atoms with Crippen LogP contribution in [0.25, 0.3) is 0 Å². The minimum Gasteiger partial charge on any atom is -0.465 e. The van der Waals surface area contributed by atoms with Crippen molar-refractivity contribution >= 4 is 29.4 Å². The summed E-state index contributed by atoms with van der Waals surface area (Å²) in [4.78, 5) is 52.1. The number of hydrogen-bond donors (Lipinski definition) is 4. The minimum absolute atomic E-state index is 0.0121. The zero-order chi connectivity index (χ0) is 34.1. The number of nitrogens with zero attached hydrogens (tertiary/aromatic N) is 1. The molecule has 0 heterocycles. The van der Waals surface area contributed by atoms with E-state index in [2.05, 4.69) is 10.6 Å². The number of nitrogens with one attached hydrogen (secondary N) is 2. The summed E-state index contributed by atoms with van der Waals surface area (Å²) in [7, 11) is 1.14. The van der Waals surface area contributed by atoms with Gasteiger partial charge in [-0.1, -0.05) is 48.5 Å². The molecule has 0 spiro atoms. The Morgan fingerprint density at radius 1 is 0.809 bits per heavy atom. The van der Waals surface area contributed by atoms with Gasteiger partial charge in [-0.3, -0.25) is 14.4 Å². The van der Waals surface area contributed by atoms with E-state index in [0.29, 0.717) is 17.2 Å². The van der Waals surface area contributed by atoms with Crippen molar-refractivity contribution in [2.75, 3.05) is 19.0 Å². The van der Waals surface area contributed by atoms with Crippen LogP contribution in [0.3, 0.4) is 0 Å². The number of hydrogen-bond acceptors (Lipinski definition) is 6. The second kappa shape index (κ2) is 15.2. The van der Waals surface area contributed by atoms with Gasteiger partial charge in [-0.2, -0.15) is 0 Å². The number of ether oxygens (including phenoxy) is 1. The van der Waals surface area contributed by atoms with E-state index in [9.17, 15) is 38.2 Å². The van der Waals surface area contributed by atoms with Gasteiger partial charge in [-0.05, 0) is 60.5 Å². The van der Waals surface area contributed by atoms with Crippen molar-refractivity contribution in [3.05, 3.63) is 137 Å². The van der Waals surface area contributed by atoms with Gasteiger partial charge in [-0.25, -0.2) is 13.6 Å². The first-order valence-electron chi connectivity index (χ1n) is 14.4. The average molecular weight is 646 g/mol. The molecule has 4 aromatic rings. The van der Waals surface area contributed by atoms with Crippen LogP contribution < -0.4 is 10.6 Å². The van der Waals surface area contributed by atoms with Crippen molar-refractivity contribution in [3.63, 3.8) is 0 Å². The Balaban J connectivity index is 1.70. The summed E-state index contributed by atoms with van der Waals surface area (Å²) in [5, 5.41) is 26.7. The van der Waals surface area contributed by atoms with Crippen LogP contribution in [0.5, 0.6) is 0 Å². The summed E-state index contributed by atoms with van der Waals surface area (Å²) in [6.07, 6.45) is -3.65. The Hall–Kier alpha value is -5.46. The molecule has 0 radical (unpaired) electrons. The van der Waals surface area contributed by atoms with Crippen LogP contribution in [0, 0.1) is 11.6 Å². The molecule has 2 atom stereocenters. The van der Waals surface area contributed by atoms with E-state index < -0.39 is 60.1 Å². The summed E-state index contributed by atoms with van der Waals surface area (Å²) in [5.41, 5.74) is -1.13. The number of Topliss-reactive ketones (excluding diaryl/α,β-unsaturated/α-hetero) is 1. The van der Waals surface area contributed by atoms with Crippen molar-refractivity contribution in [1.29, 1.82) is 0 Å². The highest BCUT2D eigenvalue weighted by atomic mass is 19.1. The minimum atomic E-state index is -2.14. The van der Waals surface area contributed by atoms with Crippen LogP contribution in [0.15, 0.2) is 97.1 Å². The third-order valence-electron chi connectivity index (χ3n) is 7.39. The Morgan fingerprint density at radius 2 is 1.40 bits per heavy atom. The first-order valence-corrected chi connectivity index (χ1v) is 14.4. The standard InChI is InChI=1S/C35H33F2N3O7/c1-22(41)26-15-27(17-30(16-26)38-32(43)25-11-7-4-8-12-25)33(44)39-35(47-2,19-24-13-28(36)18-29(37)14-24)31(42)21-40(34(45)46)20-23-9-5-3-6-10-23/h3-18,31,42H,19-21H2,1-2H3,(H,38,43)(H,39,44)(H,45,46)/t31-,35+/m1/s1. The van der Waals surface area contributed by atoms with E-state index in [-0.39, 0.29) is 28.9 Å². The van der Waals surface area contributed by atoms with Crippen molar-refractivity contribution < 1.29 is 42.9 Å². The zero-order valence-electron chi connectivity index (χ0n) is 25.6. The number of anilines is 1. The van der Waals surface area contributed by atoms with Gasteiger partial charge in [0.25, 0.3) is 11.8 Å². The van der Waals surface area contributed by atoms with Crippen molar-refractivity contribution in [1.82, 2.24) is 10.2 Å². The number of carboxylic acid groups (broad SMARTS) is 1. The summed E-state index contributed by atoms with van der Waals surface area (Å²) in [6.45, 7) is 0.567. The Bertz CT molecular complexity index is 1730.